The molecule has 0 saturated carbocycles. The Labute approximate surface area is 114 Å². The summed E-state index contributed by atoms with van der Waals surface area (Å²) in [6, 6.07) is 1.82. The molecule has 2 N–H and O–H groups in total. The standard InChI is InChI=1S/C13H19N3O.ClH/c1-9-3-6-15-11(7-9)13(17)16-12-8-14-5-4-10(12)2;/h4-5,8-9,11,15H,3,6-7H2,1-2H3,(H,16,17);1H. The van der Waals surface area contributed by atoms with Gasteiger partial charge in [0.15, 0.2) is 0 Å². The molecule has 0 spiro atoms. The number of anilines is 1. The molecule has 2 heterocycles. The zero-order chi connectivity index (χ0) is 12.3. The average molecular weight is 270 g/mol. The van der Waals surface area contributed by atoms with E-state index in [0.717, 1.165) is 30.6 Å². The van der Waals surface area contributed by atoms with Crippen LogP contribution in [0.2, 0.25) is 0 Å². The van der Waals surface area contributed by atoms with Gasteiger partial charge in [-0.05, 0) is 43.9 Å². The third kappa shape index (κ3) is 3.68. The Morgan fingerprint density at radius 3 is 3.00 bits per heavy atom. The maximum absolute atomic E-state index is 12.1. The van der Waals surface area contributed by atoms with Crippen LogP contribution >= 0.6 is 12.4 Å². The molecule has 1 aliphatic heterocycles. The number of nitrogens with zero attached hydrogens (tertiary/aromatic N) is 1. The summed E-state index contributed by atoms with van der Waals surface area (Å²) in [4.78, 5) is 16.1. The molecule has 5 heteroatoms. The van der Waals surface area contributed by atoms with E-state index in [-0.39, 0.29) is 24.4 Å². The monoisotopic (exact) mass is 269 g/mol. The Balaban J connectivity index is 0.00000162. The van der Waals surface area contributed by atoms with Gasteiger partial charge < -0.3 is 10.6 Å². The van der Waals surface area contributed by atoms with Crippen molar-refractivity contribution in [1.82, 2.24) is 10.3 Å². The topological polar surface area (TPSA) is 54.0 Å². The predicted molar refractivity (Wildman–Crippen MR) is 75.0 cm³/mol. The summed E-state index contributed by atoms with van der Waals surface area (Å²) in [5.74, 6) is 0.662. The van der Waals surface area contributed by atoms with E-state index in [0.29, 0.717) is 5.92 Å². The second-order valence-electron chi connectivity index (χ2n) is 4.82. The lowest BCUT2D eigenvalue weighted by Gasteiger charge is -2.27. The Bertz CT molecular complexity index is 411. The number of nitrogens with one attached hydrogen (secondary N) is 2. The van der Waals surface area contributed by atoms with Crippen molar-refractivity contribution in [2.75, 3.05) is 11.9 Å². The Hall–Kier alpha value is -1.13. The van der Waals surface area contributed by atoms with Crippen molar-refractivity contribution in [2.45, 2.75) is 32.7 Å². The van der Waals surface area contributed by atoms with E-state index in [1.54, 1.807) is 12.4 Å². The van der Waals surface area contributed by atoms with Crippen LogP contribution < -0.4 is 10.6 Å². The summed E-state index contributed by atoms with van der Waals surface area (Å²) in [5.41, 5.74) is 1.84. The molecule has 1 fully saturated rings. The van der Waals surface area contributed by atoms with E-state index < -0.39 is 0 Å². The zero-order valence-corrected chi connectivity index (χ0v) is 11.6. The number of hydrogen-bond donors (Lipinski definition) is 2. The number of carbonyl (C=O) groups is 1. The summed E-state index contributed by atoms with van der Waals surface area (Å²) >= 11 is 0. The predicted octanol–water partition coefficient (Wildman–Crippen LogP) is 2.14. The van der Waals surface area contributed by atoms with Crippen LogP contribution in [0.5, 0.6) is 0 Å². The fourth-order valence-corrected chi connectivity index (χ4v) is 2.12. The minimum Gasteiger partial charge on any atom is -0.323 e. The van der Waals surface area contributed by atoms with E-state index in [1.165, 1.54) is 0 Å². The molecule has 1 aliphatic rings. The third-order valence-electron chi connectivity index (χ3n) is 3.28. The molecular formula is C13H20ClN3O. The van der Waals surface area contributed by atoms with Gasteiger partial charge in [0.1, 0.15) is 0 Å². The summed E-state index contributed by atoms with van der Waals surface area (Å²) < 4.78 is 0. The fourth-order valence-electron chi connectivity index (χ4n) is 2.12. The largest absolute Gasteiger partial charge is 0.323 e. The molecule has 2 atom stereocenters. The summed E-state index contributed by atoms with van der Waals surface area (Å²) in [6.07, 6.45) is 5.48. The molecule has 0 radical (unpaired) electrons. The lowest BCUT2D eigenvalue weighted by Crippen LogP contribution is -2.45. The van der Waals surface area contributed by atoms with Gasteiger partial charge in [0, 0.05) is 6.20 Å². The molecule has 1 amide bonds. The van der Waals surface area contributed by atoms with E-state index >= 15 is 0 Å². The van der Waals surface area contributed by atoms with Gasteiger partial charge in [-0.3, -0.25) is 9.78 Å². The molecule has 1 saturated heterocycles. The minimum absolute atomic E-state index is 0. The minimum atomic E-state index is -0.0710. The highest BCUT2D eigenvalue weighted by Crippen LogP contribution is 2.17. The molecule has 1 aromatic heterocycles. The van der Waals surface area contributed by atoms with Gasteiger partial charge in [0.05, 0.1) is 17.9 Å². The first kappa shape index (κ1) is 14.9. The smallest absolute Gasteiger partial charge is 0.241 e. The number of hydrogen-bond acceptors (Lipinski definition) is 3. The van der Waals surface area contributed by atoms with Crippen LogP contribution in [0.3, 0.4) is 0 Å². The Morgan fingerprint density at radius 2 is 2.33 bits per heavy atom. The first-order chi connectivity index (χ1) is 8.16. The van der Waals surface area contributed by atoms with Gasteiger partial charge in [-0.2, -0.15) is 0 Å². The van der Waals surface area contributed by atoms with Crippen molar-refractivity contribution in [3.8, 4) is 0 Å². The van der Waals surface area contributed by atoms with Crippen molar-refractivity contribution in [1.29, 1.82) is 0 Å². The van der Waals surface area contributed by atoms with Gasteiger partial charge in [-0.25, -0.2) is 0 Å². The third-order valence-corrected chi connectivity index (χ3v) is 3.28. The van der Waals surface area contributed by atoms with Gasteiger partial charge in [0.25, 0.3) is 0 Å². The van der Waals surface area contributed by atoms with Crippen molar-refractivity contribution >= 4 is 24.0 Å². The van der Waals surface area contributed by atoms with Crippen LogP contribution in [0.1, 0.15) is 25.3 Å². The van der Waals surface area contributed by atoms with Crippen molar-refractivity contribution < 1.29 is 4.79 Å². The van der Waals surface area contributed by atoms with E-state index in [9.17, 15) is 4.79 Å². The highest BCUT2D eigenvalue weighted by Gasteiger charge is 2.24. The molecule has 4 nitrogen and oxygen atoms in total. The number of amides is 1. The SMILES string of the molecule is Cc1ccncc1NC(=O)C1CC(C)CCN1.Cl. The number of rotatable bonds is 2. The van der Waals surface area contributed by atoms with Crippen LogP contribution in [-0.2, 0) is 4.79 Å². The second-order valence-corrected chi connectivity index (χ2v) is 4.82. The maximum atomic E-state index is 12.1. The van der Waals surface area contributed by atoms with Crippen molar-refractivity contribution in [3.63, 3.8) is 0 Å². The summed E-state index contributed by atoms with van der Waals surface area (Å²) in [5, 5.41) is 6.19. The molecule has 100 valence electrons. The molecule has 0 bridgehead atoms. The van der Waals surface area contributed by atoms with E-state index in [1.807, 2.05) is 13.0 Å². The van der Waals surface area contributed by atoms with Gasteiger partial charge in [-0.1, -0.05) is 6.92 Å². The van der Waals surface area contributed by atoms with Gasteiger partial charge >= 0.3 is 0 Å². The van der Waals surface area contributed by atoms with Crippen molar-refractivity contribution in [3.05, 3.63) is 24.0 Å². The lowest BCUT2D eigenvalue weighted by molar-refractivity contribution is -0.119. The lowest BCUT2D eigenvalue weighted by atomic mass is 9.94. The summed E-state index contributed by atoms with van der Waals surface area (Å²) in [6.45, 7) is 5.08. The molecule has 0 aliphatic carbocycles. The number of halogens is 1. The number of pyridine rings is 1. The molecule has 1 aromatic rings. The molecule has 18 heavy (non-hydrogen) atoms. The van der Waals surface area contributed by atoms with Gasteiger partial charge in [-0.15, -0.1) is 12.4 Å². The maximum Gasteiger partial charge on any atom is 0.241 e. The zero-order valence-electron chi connectivity index (χ0n) is 10.8. The van der Waals surface area contributed by atoms with Crippen LogP contribution in [-0.4, -0.2) is 23.5 Å². The Morgan fingerprint density at radius 1 is 1.56 bits per heavy atom. The van der Waals surface area contributed by atoms with Crippen molar-refractivity contribution in [2.24, 2.45) is 5.92 Å². The van der Waals surface area contributed by atoms with E-state index in [4.69, 9.17) is 0 Å². The molecule has 0 aromatic carbocycles. The van der Waals surface area contributed by atoms with Gasteiger partial charge in [0.2, 0.25) is 5.91 Å². The molecule has 2 unspecified atom stereocenters. The number of aromatic nitrogens is 1. The normalized spacial score (nSPS) is 23.0. The van der Waals surface area contributed by atoms with Crippen LogP contribution in [0.15, 0.2) is 18.5 Å². The first-order valence-corrected chi connectivity index (χ1v) is 6.11. The Kier molecular flexibility index (Phi) is 5.56. The summed E-state index contributed by atoms with van der Waals surface area (Å²) in [7, 11) is 0. The highest BCUT2D eigenvalue weighted by atomic mass is 35.5. The number of piperidine rings is 1. The highest BCUT2D eigenvalue weighted by molar-refractivity contribution is 5.95. The van der Waals surface area contributed by atoms with Crippen LogP contribution in [0, 0.1) is 12.8 Å². The first-order valence-electron chi connectivity index (χ1n) is 6.11. The fraction of sp³-hybridized carbons (Fsp3) is 0.538. The second kappa shape index (κ2) is 6.71. The van der Waals surface area contributed by atoms with E-state index in [2.05, 4.69) is 22.5 Å². The van der Waals surface area contributed by atoms with Crippen LogP contribution in [0.25, 0.3) is 0 Å². The molecule has 2 rings (SSSR count). The number of carbonyl (C=O) groups excluding carboxylic acids is 1. The average Bonchev–Trinajstić information content (AvgIpc) is 2.32. The molecular weight excluding hydrogens is 250 g/mol. The van der Waals surface area contributed by atoms with Crippen LogP contribution in [0.4, 0.5) is 5.69 Å². The number of aryl methyl sites for hydroxylation is 1. The quantitative estimate of drug-likeness (QED) is 0.865.